The van der Waals surface area contributed by atoms with Gasteiger partial charge in [0.1, 0.15) is 17.3 Å². The predicted molar refractivity (Wildman–Crippen MR) is 142 cm³/mol. The van der Waals surface area contributed by atoms with Crippen LogP contribution in [0.5, 0.6) is 11.5 Å². The fourth-order valence-electron chi connectivity index (χ4n) is 4.02. The Morgan fingerprint density at radius 3 is 2.49 bits per heavy atom. The van der Waals surface area contributed by atoms with Gasteiger partial charge < -0.3 is 24.6 Å². The molecule has 0 fully saturated rings. The number of carbonyl (C=O) groups is 2. The number of benzene rings is 1. The number of amides is 1. The Bertz CT molecular complexity index is 1100. The zero-order chi connectivity index (χ0) is 25.2. The van der Waals surface area contributed by atoms with Gasteiger partial charge >= 0.3 is 0 Å². The molecule has 1 amide bonds. The van der Waals surface area contributed by atoms with Gasteiger partial charge in [-0.3, -0.25) is 15.0 Å². The summed E-state index contributed by atoms with van der Waals surface area (Å²) in [6.07, 6.45) is 0. The Labute approximate surface area is 217 Å². The maximum absolute atomic E-state index is 13.3. The summed E-state index contributed by atoms with van der Waals surface area (Å²) in [5, 5.41) is 11.2. The maximum Gasteiger partial charge on any atom is 0.273 e. The van der Waals surface area contributed by atoms with E-state index in [-0.39, 0.29) is 52.7 Å². The highest BCUT2D eigenvalue weighted by molar-refractivity contribution is 8.93. The second-order valence-electron chi connectivity index (χ2n) is 8.65. The van der Waals surface area contributed by atoms with Crippen molar-refractivity contribution in [1.29, 1.82) is 5.41 Å². The first-order valence-electron chi connectivity index (χ1n) is 11.3. The third kappa shape index (κ3) is 5.58. The Morgan fingerprint density at radius 1 is 1.26 bits per heavy atom. The lowest BCUT2D eigenvalue weighted by molar-refractivity contribution is 0.0949. The van der Waals surface area contributed by atoms with E-state index in [0.29, 0.717) is 30.2 Å². The van der Waals surface area contributed by atoms with Crippen LogP contribution in [-0.4, -0.2) is 68.8 Å². The maximum atomic E-state index is 13.3. The third-order valence-electron chi connectivity index (χ3n) is 5.77. The van der Waals surface area contributed by atoms with Crippen LogP contribution in [0.4, 0.5) is 5.69 Å². The number of amidine groups is 1. The first kappa shape index (κ1) is 28.1. The minimum Gasteiger partial charge on any atom is -0.494 e. The highest BCUT2D eigenvalue weighted by Crippen LogP contribution is 2.37. The summed E-state index contributed by atoms with van der Waals surface area (Å²) in [6, 6.07) is 5.44. The lowest BCUT2D eigenvalue weighted by atomic mass is 9.96. The summed E-state index contributed by atoms with van der Waals surface area (Å²) < 4.78 is 11.3. The van der Waals surface area contributed by atoms with E-state index in [2.05, 4.69) is 24.1 Å². The topological polar surface area (TPSA) is 108 Å². The molecule has 190 valence electrons. The van der Waals surface area contributed by atoms with Gasteiger partial charge in [-0.1, -0.05) is 13.8 Å². The standard InChI is InChI=1S/C25H33N5O4.BrH/c1-8-34-20-11-16-12-30(24(26)21(16)28-22(20)25(32)27-4)13-19(31)15-9-17(14(2)3)23(33-7)18(10-15)29(5)6;/h9-11,14,26H,8,12-13H2,1-7H3,(H,27,32);1H. The molecule has 2 heterocycles. The Morgan fingerprint density at radius 2 is 1.94 bits per heavy atom. The average molecular weight is 548 g/mol. The number of methoxy groups -OCH3 is 1. The van der Waals surface area contributed by atoms with Crippen molar-refractivity contribution in [2.24, 2.45) is 0 Å². The molecule has 35 heavy (non-hydrogen) atoms. The van der Waals surface area contributed by atoms with Crippen molar-refractivity contribution >= 4 is 40.2 Å². The largest absolute Gasteiger partial charge is 0.494 e. The Balaban J connectivity index is 0.00000432. The number of nitrogens with zero attached hydrogens (tertiary/aromatic N) is 3. The van der Waals surface area contributed by atoms with E-state index in [1.54, 1.807) is 18.1 Å². The van der Waals surface area contributed by atoms with Gasteiger partial charge in [0.05, 0.1) is 25.9 Å². The van der Waals surface area contributed by atoms with Crippen molar-refractivity contribution in [1.82, 2.24) is 15.2 Å². The molecule has 0 radical (unpaired) electrons. The number of rotatable bonds is 9. The molecule has 1 aliphatic rings. The number of aromatic nitrogens is 1. The number of Topliss-reactive ketones (excluding diaryl/α,β-unsaturated/α-hetero) is 1. The smallest absolute Gasteiger partial charge is 0.273 e. The van der Waals surface area contributed by atoms with Gasteiger partial charge in [0.25, 0.3) is 5.91 Å². The molecule has 9 nitrogen and oxygen atoms in total. The zero-order valence-electron chi connectivity index (χ0n) is 21.3. The number of hydrogen-bond donors (Lipinski definition) is 2. The van der Waals surface area contributed by atoms with Crippen LogP contribution in [0.15, 0.2) is 18.2 Å². The molecule has 1 aromatic carbocycles. The van der Waals surface area contributed by atoms with Crippen molar-refractivity contribution < 1.29 is 19.1 Å². The third-order valence-corrected chi connectivity index (χ3v) is 5.77. The monoisotopic (exact) mass is 547 g/mol. The molecule has 0 aliphatic carbocycles. The number of hydrogen-bond acceptors (Lipinski definition) is 7. The summed E-state index contributed by atoms with van der Waals surface area (Å²) in [4.78, 5) is 33.6. The lowest BCUT2D eigenvalue weighted by Crippen LogP contribution is -2.31. The van der Waals surface area contributed by atoms with E-state index >= 15 is 0 Å². The fraction of sp³-hybridized carbons (Fsp3) is 0.440. The van der Waals surface area contributed by atoms with Gasteiger partial charge in [-0.2, -0.15) is 0 Å². The van der Waals surface area contributed by atoms with Crippen LogP contribution < -0.4 is 19.7 Å². The number of anilines is 1. The highest BCUT2D eigenvalue weighted by Gasteiger charge is 2.31. The molecule has 1 aliphatic heterocycles. The SMILES string of the molecule is Br.CCOc1cc2c(nc1C(=O)NC)C(=N)N(CC(=O)c1cc(C(C)C)c(OC)c(N(C)C)c1)C2. The van der Waals surface area contributed by atoms with Crippen LogP contribution in [-0.2, 0) is 6.54 Å². The number of carbonyl (C=O) groups excluding carboxylic acids is 2. The van der Waals surface area contributed by atoms with Gasteiger partial charge in [0, 0.05) is 38.8 Å². The van der Waals surface area contributed by atoms with Gasteiger partial charge in [0.2, 0.25) is 0 Å². The highest BCUT2D eigenvalue weighted by atomic mass is 79.9. The van der Waals surface area contributed by atoms with Crippen LogP contribution in [0.25, 0.3) is 0 Å². The first-order valence-corrected chi connectivity index (χ1v) is 11.3. The summed E-state index contributed by atoms with van der Waals surface area (Å²) in [6.45, 7) is 6.69. The van der Waals surface area contributed by atoms with Gasteiger partial charge in [-0.05, 0) is 36.6 Å². The molecule has 2 N–H and O–H groups in total. The molecule has 3 rings (SSSR count). The van der Waals surface area contributed by atoms with Gasteiger partial charge in [-0.25, -0.2) is 4.98 Å². The molecule has 0 saturated carbocycles. The van der Waals surface area contributed by atoms with E-state index in [9.17, 15) is 9.59 Å². The van der Waals surface area contributed by atoms with Gasteiger partial charge in [-0.15, -0.1) is 17.0 Å². The Kier molecular flexibility index (Phi) is 9.25. The number of ketones is 1. The van der Waals surface area contributed by atoms with Crippen molar-refractivity contribution in [3.8, 4) is 11.5 Å². The normalized spacial score (nSPS) is 12.2. The minimum absolute atomic E-state index is 0. The number of ether oxygens (including phenoxy) is 2. The molecular weight excluding hydrogens is 514 g/mol. The molecule has 2 aromatic rings. The predicted octanol–water partition coefficient (Wildman–Crippen LogP) is 3.64. The van der Waals surface area contributed by atoms with E-state index in [4.69, 9.17) is 14.9 Å². The second kappa shape index (κ2) is 11.5. The van der Waals surface area contributed by atoms with E-state index in [0.717, 1.165) is 22.6 Å². The van der Waals surface area contributed by atoms with Crippen molar-refractivity contribution in [3.63, 3.8) is 0 Å². The molecule has 0 spiro atoms. The molecule has 0 atom stereocenters. The van der Waals surface area contributed by atoms with Crippen LogP contribution in [0.2, 0.25) is 0 Å². The number of nitrogens with one attached hydrogen (secondary N) is 2. The summed E-state index contributed by atoms with van der Waals surface area (Å²) in [7, 11) is 6.98. The van der Waals surface area contributed by atoms with E-state index in [1.165, 1.54) is 7.05 Å². The first-order chi connectivity index (χ1) is 16.1. The molecule has 0 bridgehead atoms. The fourth-order valence-corrected chi connectivity index (χ4v) is 4.02. The minimum atomic E-state index is -0.385. The molecule has 10 heteroatoms. The molecule has 0 saturated heterocycles. The lowest BCUT2D eigenvalue weighted by Gasteiger charge is -2.23. The van der Waals surface area contributed by atoms with Crippen LogP contribution in [0, 0.1) is 5.41 Å². The van der Waals surface area contributed by atoms with Crippen molar-refractivity contribution in [3.05, 3.63) is 46.3 Å². The number of fused-ring (bicyclic) bond motifs is 1. The van der Waals surface area contributed by atoms with Crippen molar-refractivity contribution in [2.75, 3.05) is 46.3 Å². The quantitative estimate of drug-likeness (QED) is 0.461. The summed E-state index contributed by atoms with van der Waals surface area (Å²) >= 11 is 0. The van der Waals surface area contributed by atoms with Crippen LogP contribution >= 0.6 is 17.0 Å². The molecule has 1 aromatic heterocycles. The van der Waals surface area contributed by atoms with Crippen LogP contribution in [0.1, 0.15) is 64.4 Å². The van der Waals surface area contributed by atoms with Crippen LogP contribution in [0.3, 0.4) is 0 Å². The summed E-state index contributed by atoms with van der Waals surface area (Å²) in [5.74, 6) is 0.911. The number of pyridine rings is 1. The molecular formula is C25H34BrN5O4. The van der Waals surface area contributed by atoms with Gasteiger partial charge in [0.15, 0.2) is 17.2 Å². The summed E-state index contributed by atoms with van der Waals surface area (Å²) in [5.41, 5.74) is 3.62. The number of halogens is 1. The van der Waals surface area contributed by atoms with E-state index < -0.39 is 0 Å². The Hall–Kier alpha value is -3.14. The average Bonchev–Trinajstić information content (AvgIpc) is 3.11. The second-order valence-corrected chi connectivity index (χ2v) is 8.65. The zero-order valence-corrected chi connectivity index (χ0v) is 23.0. The molecule has 0 unspecified atom stereocenters. The van der Waals surface area contributed by atoms with Crippen molar-refractivity contribution in [2.45, 2.75) is 33.2 Å². The van der Waals surface area contributed by atoms with E-state index in [1.807, 2.05) is 38.1 Å².